The molecule has 18 heavy (non-hydrogen) atoms. The third-order valence-electron chi connectivity index (χ3n) is 2.38. The second kappa shape index (κ2) is 5.01. The van der Waals surface area contributed by atoms with E-state index >= 15 is 0 Å². The molecule has 0 saturated heterocycles. The van der Waals surface area contributed by atoms with Crippen LogP contribution >= 0.6 is 0 Å². The molecule has 2 amide bonds. The lowest BCUT2D eigenvalue weighted by Gasteiger charge is -2.06. The Morgan fingerprint density at radius 2 is 2.33 bits per heavy atom. The maximum Gasteiger partial charge on any atom is 0.318 e. The van der Waals surface area contributed by atoms with Crippen LogP contribution in [0.5, 0.6) is 0 Å². The van der Waals surface area contributed by atoms with E-state index in [1.54, 1.807) is 30.6 Å². The van der Waals surface area contributed by atoms with Crippen LogP contribution in [0.1, 0.15) is 5.56 Å². The number of carbonyl (C=O) groups is 1. The van der Waals surface area contributed by atoms with Gasteiger partial charge < -0.3 is 15.6 Å². The highest BCUT2D eigenvalue weighted by atomic mass is 16.2. The molecule has 0 saturated carbocycles. The average Bonchev–Trinajstić information content (AvgIpc) is 2.92. The third kappa shape index (κ3) is 2.30. The Morgan fingerprint density at radius 1 is 1.50 bits per heavy atom. The van der Waals surface area contributed by atoms with Crippen LogP contribution in [-0.4, -0.2) is 23.0 Å². The molecule has 0 aliphatic heterocycles. The monoisotopic (exact) mass is 241 g/mol. The minimum atomic E-state index is -0.329. The number of hydrogen-bond donors (Lipinski definition) is 3. The van der Waals surface area contributed by atoms with Crippen LogP contribution in [0.2, 0.25) is 0 Å². The van der Waals surface area contributed by atoms with Crippen molar-refractivity contribution in [2.75, 3.05) is 12.4 Å². The fraction of sp³-hybridized carbons (Fsp3) is 0.0833. The largest absolute Gasteiger partial charge is 0.345 e. The van der Waals surface area contributed by atoms with Gasteiger partial charge in [0.05, 0.1) is 11.6 Å². The van der Waals surface area contributed by atoms with E-state index in [-0.39, 0.29) is 6.03 Å². The fourth-order valence-corrected chi connectivity index (χ4v) is 1.53. The number of carbonyl (C=O) groups excluding carboxylic acids is 1. The number of nitrogens with zero attached hydrogens (tertiary/aromatic N) is 2. The maximum atomic E-state index is 11.2. The number of H-pyrrole nitrogens is 1. The number of benzene rings is 1. The molecule has 0 aliphatic rings. The number of anilines is 1. The number of aromatic nitrogens is 2. The summed E-state index contributed by atoms with van der Waals surface area (Å²) in [6.45, 7) is 0. The lowest BCUT2D eigenvalue weighted by molar-refractivity contribution is 0.254. The van der Waals surface area contributed by atoms with E-state index in [4.69, 9.17) is 5.26 Å². The SMILES string of the molecule is CNC(=O)Nc1ccc(-c2ncc[nH]2)c(C#N)c1. The topological polar surface area (TPSA) is 93.6 Å². The molecule has 90 valence electrons. The fourth-order valence-electron chi connectivity index (χ4n) is 1.53. The molecule has 6 nitrogen and oxygen atoms in total. The molecule has 1 aromatic heterocycles. The van der Waals surface area contributed by atoms with Gasteiger partial charge in [-0.2, -0.15) is 5.26 Å². The molecule has 3 N–H and O–H groups in total. The molecule has 0 unspecified atom stereocenters. The lowest BCUT2D eigenvalue weighted by atomic mass is 10.1. The van der Waals surface area contributed by atoms with Crippen molar-refractivity contribution in [3.05, 3.63) is 36.2 Å². The Morgan fingerprint density at radius 3 is 2.94 bits per heavy atom. The standard InChI is InChI=1S/C12H11N5O/c1-14-12(18)17-9-2-3-10(8(6-9)7-13)11-15-4-5-16-11/h2-6H,1H3,(H,15,16)(H2,14,17,18). The van der Waals surface area contributed by atoms with Crippen molar-refractivity contribution in [3.63, 3.8) is 0 Å². The number of nitrogens with one attached hydrogen (secondary N) is 3. The van der Waals surface area contributed by atoms with Gasteiger partial charge in [-0.05, 0) is 18.2 Å². The van der Waals surface area contributed by atoms with Gasteiger partial charge in [0.1, 0.15) is 5.82 Å². The summed E-state index contributed by atoms with van der Waals surface area (Å²) in [5.74, 6) is 0.623. The number of aromatic amines is 1. The second-order valence-corrected chi connectivity index (χ2v) is 3.51. The molecule has 0 bridgehead atoms. The van der Waals surface area contributed by atoms with E-state index < -0.39 is 0 Å². The van der Waals surface area contributed by atoms with Crippen molar-refractivity contribution < 1.29 is 4.79 Å². The zero-order valence-corrected chi connectivity index (χ0v) is 9.69. The van der Waals surface area contributed by atoms with Crippen LogP contribution in [0.15, 0.2) is 30.6 Å². The van der Waals surface area contributed by atoms with Crippen LogP contribution in [0, 0.1) is 11.3 Å². The number of amides is 2. The predicted molar refractivity (Wildman–Crippen MR) is 66.8 cm³/mol. The minimum absolute atomic E-state index is 0.329. The zero-order valence-electron chi connectivity index (χ0n) is 9.69. The zero-order chi connectivity index (χ0) is 13.0. The highest BCUT2D eigenvalue weighted by Crippen LogP contribution is 2.23. The van der Waals surface area contributed by atoms with E-state index in [1.165, 1.54) is 7.05 Å². The molecule has 6 heteroatoms. The molecule has 0 atom stereocenters. The summed E-state index contributed by atoms with van der Waals surface area (Å²) in [6, 6.07) is 6.81. The molecule has 1 heterocycles. The summed E-state index contributed by atoms with van der Waals surface area (Å²) in [6.07, 6.45) is 3.31. The smallest absolute Gasteiger partial charge is 0.318 e. The first-order valence-electron chi connectivity index (χ1n) is 5.27. The summed E-state index contributed by atoms with van der Waals surface area (Å²) in [5, 5.41) is 14.2. The van der Waals surface area contributed by atoms with Gasteiger partial charge in [-0.15, -0.1) is 0 Å². The van der Waals surface area contributed by atoms with E-state index in [9.17, 15) is 4.79 Å². The van der Waals surface area contributed by atoms with Gasteiger partial charge in [-0.25, -0.2) is 9.78 Å². The van der Waals surface area contributed by atoms with Gasteiger partial charge in [-0.3, -0.25) is 0 Å². The summed E-state index contributed by atoms with van der Waals surface area (Å²) in [4.78, 5) is 18.2. The first-order chi connectivity index (χ1) is 8.74. The summed E-state index contributed by atoms with van der Waals surface area (Å²) in [7, 11) is 1.53. The van der Waals surface area contributed by atoms with E-state index in [0.29, 0.717) is 22.6 Å². The predicted octanol–water partition coefficient (Wildman–Crippen LogP) is 1.70. The van der Waals surface area contributed by atoms with Crippen molar-refractivity contribution >= 4 is 11.7 Å². The van der Waals surface area contributed by atoms with Gasteiger partial charge in [0.2, 0.25) is 0 Å². The van der Waals surface area contributed by atoms with Gasteiger partial charge in [0.15, 0.2) is 0 Å². The molecule has 2 rings (SSSR count). The Kier molecular flexibility index (Phi) is 3.25. The van der Waals surface area contributed by atoms with Gasteiger partial charge >= 0.3 is 6.03 Å². The van der Waals surface area contributed by atoms with Crippen molar-refractivity contribution in [3.8, 4) is 17.5 Å². The number of urea groups is 1. The van der Waals surface area contributed by atoms with E-state index in [0.717, 1.165) is 0 Å². The van der Waals surface area contributed by atoms with Crippen molar-refractivity contribution in [1.82, 2.24) is 15.3 Å². The molecule has 0 spiro atoms. The molecule has 2 aromatic rings. The average molecular weight is 241 g/mol. The summed E-state index contributed by atoms with van der Waals surface area (Å²) >= 11 is 0. The lowest BCUT2D eigenvalue weighted by Crippen LogP contribution is -2.24. The first-order valence-corrected chi connectivity index (χ1v) is 5.27. The van der Waals surface area contributed by atoms with E-state index in [1.807, 2.05) is 0 Å². The Bertz CT molecular complexity index is 597. The Labute approximate surface area is 104 Å². The number of rotatable bonds is 2. The molecule has 0 aliphatic carbocycles. The summed E-state index contributed by atoms with van der Waals surface area (Å²) < 4.78 is 0. The number of hydrogen-bond acceptors (Lipinski definition) is 3. The highest BCUT2D eigenvalue weighted by Gasteiger charge is 2.08. The Balaban J connectivity index is 2.36. The van der Waals surface area contributed by atoms with Gasteiger partial charge in [0, 0.05) is 30.7 Å². The number of imidazole rings is 1. The van der Waals surface area contributed by atoms with Crippen molar-refractivity contribution in [2.24, 2.45) is 0 Å². The van der Waals surface area contributed by atoms with Gasteiger partial charge in [0.25, 0.3) is 0 Å². The van der Waals surface area contributed by atoms with Crippen LogP contribution < -0.4 is 10.6 Å². The third-order valence-corrected chi connectivity index (χ3v) is 2.38. The highest BCUT2D eigenvalue weighted by molar-refractivity contribution is 5.89. The van der Waals surface area contributed by atoms with Crippen LogP contribution in [0.3, 0.4) is 0 Å². The van der Waals surface area contributed by atoms with Crippen LogP contribution in [-0.2, 0) is 0 Å². The maximum absolute atomic E-state index is 11.2. The van der Waals surface area contributed by atoms with Crippen LogP contribution in [0.4, 0.5) is 10.5 Å². The molecule has 0 fully saturated rings. The van der Waals surface area contributed by atoms with E-state index in [2.05, 4.69) is 26.7 Å². The molecular formula is C12H11N5O. The molecule has 1 aromatic carbocycles. The quantitative estimate of drug-likeness (QED) is 0.746. The first kappa shape index (κ1) is 11.7. The number of nitriles is 1. The van der Waals surface area contributed by atoms with Gasteiger partial charge in [-0.1, -0.05) is 0 Å². The second-order valence-electron chi connectivity index (χ2n) is 3.51. The van der Waals surface area contributed by atoms with Crippen LogP contribution in [0.25, 0.3) is 11.4 Å². The molecule has 0 radical (unpaired) electrons. The normalized spacial score (nSPS) is 9.56. The Hall–Kier alpha value is -2.81. The van der Waals surface area contributed by atoms with Crippen molar-refractivity contribution in [1.29, 1.82) is 5.26 Å². The van der Waals surface area contributed by atoms with Crippen molar-refractivity contribution in [2.45, 2.75) is 0 Å². The molecular weight excluding hydrogens is 230 g/mol. The summed E-state index contributed by atoms with van der Waals surface area (Å²) in [5.41, 5.74) is 1.70. The minimum Gasteiger partial charge on any atom is -0.345 e.